The zero-order chi connectivity index (χ0) is 24.3. The molecule has 1 aliphatic rings. The quantitative estimate of drug-likeness (QED) is 0.383. The number of nitrogens with zero attached hydrogens (tertiary/aromatic N) is 2. The highest BCUT2D eigenvalue weighted by atomic mass is 19.4. The summed E-state index contributed by atoms with van der Waals surface area (Å²) in [6, 6.07) is 19.3. The minimum absolute atomic E-state index is 0.156. The van der Waals surface area contributed by atoms with Gasteiger partial charge in [0.05, 0.1) is 11.3 Å². The van der Waals surface area contributed by atoms with E-state index in [1.807, 2.05) is 23.1 Å². The number of terminal acetylenes is 1. The summed E-state index contributed by atoms with van der Waals surface area (Å²) in [5, 5.41) is 0. The van der Waals surface area contributed by atoms with Crippen LogP contribution in [0.3, 0.4) is 0 Å². The lowest BCUT2D eigenvalue weighted by atomic mass is 9.95. The molecule has 0 fully saturated rings. The van der Waals surface area contributed by atoms with E-state index in [1.54, 1.807) is 0 Å². The highest BCUT2D eigenvalue weighted by molar-refractivity contribution is 6.17. The highest BCUT2D eigenvalue weighted by Gasteiger charge is 2.30. The number of anilines is 1. The first-order chi connectivity index (χ1) is 16.3. The van der Waals surface area contributed by atoms with Gasteiger partial charge < -0.3 is 9.64 Å². The molecule has 1 aliphatic heterocycles. The van der Waals surface area contributed by atoms with E-state index in [0.717, 1.165) is 40.2 Å². The summed E-state index contributed by atoms with van der Waals surface area (Å²) in [5.74, 6) is 3.54. The Morgan fingerprint density at radius 3 is 2.35 bits per heavy atom. The number of rotatable bonds is 6. The number of alkyl halides is 3. The van der Waals surface area contributed by atoms with Crippen molar-refractivity contribution >= 4 is 11.4 Å². The van der Waals surface area contributed by atoms with Gasteiger partial charge in [0.1, 0.15) is 19.0 Å². The molecule has 6 heteroatoms. The van der Waals surface area contributed by atoms with Crippen molar-refractivity contribution in [3.05, 3.63) is 94.5 Å². The maximum atomic E-state index is 12.9. The zero-order valence-corrected chi connectivity index (χ0v) is 19.1. The number of aliphatic imine (C=N–C) groups is 1. The SMILES string of the molecule is C#CCOc1ccc2c(c1)C(c1ccc(C(C)C)cc1)=NCN2Cc1ccc(C(F)(F)F)cc1. The lowest BCUT2D eigenvalue weighted by Gasteiger charge is -2.31. The zero-order valence-electron chi connectivity index (χ0n) is 19.1. The van der Waals surface area contributed by atoms with Gasteiger partial charge in [-0.25, -0.2) is 0 Å². The first kappa shape index (κ1) is 23.4. The molecule has 3 aromatic carbocycles. The van der Waals surface area contributed by atoms with Crippen LogP contribution < -0.4 is 9.64 Å². The van der Waals surface area contributed by atoms with Gasteiger partial charge in [0, 0.05) is 23.4 Å². The minimum Gasteiger partial charge on any atom is -0.481 e. The summed E-state index contributed by atoms with van der Waals surface area (Å²) >= 11 is 0. The van der Waals surface area contributed by atoms with Crippen molar-refractivity contribution in [1.29, 1.82) is 0 Å². The Labute approximate surface area is 197 Å². The molecular weight excluding hydrogens is 437 g/mol. The normalized spacial score (nSPS) is 13.3. The topological polar surface area (TPSA) is 24.8 Å². The van der Waals surface area contributed by atoms with Crippen molar-refractivity contribution in [2.24, 2.45) is 4.99 Å². The smallest absolute Gasteiger partial charge is 0.416 e. The highest BCUT2D eigenvalue weighted by Crippen LogP contribution is 2.34. The van der Waals surface area contributed by atoms with E-state index in [4.69, 9.17) is 16.2 Å². The van der Waals surface area contributed by atoms with E-state index in [-0.39, 0.29) is 6.61 Å². The van der Waals surface area contributed by atoms with Gasteiger partial charge in [-0.3, -0.25) is 4.99 Å². The summed E-state index contributed by atoms with van der Waals surface area (Å²) in [6.45, 7) is 5.27. The van der Waals surface area contributed by atoms with Crippen molar-refractivity contribution in [1.82, 2.24) is 0 Å². The third kappa shape index (κ3) is 5.09. The van der Waals surface area contributed by atoms with E-state index >= 15 is 0 Å². The third-order valence-electron chi connectivity index (χ3n) is 5.79. The molecular formula is C28H25F3N2O. The summed E-state index contributed by atoms with van der Waals surface area (Å²) in [6.07, 6.45) is 0.987. The lowest BCUT2D eigenvalue weighted by Crippen LogP contribution is -2.30. The molecule has 174 valence electrons. The number of hydrogen-bond acceptors (Lipinski definition) is 3. The van der Waals surface area contributed by atoms with Gasteiger partial charge in [0.25, 0.3) is 0 Å². The predicted octanol–water partition coefficient (Wildman–Crippen LogP) is 6.66. The van der Waals surface area contributed by atoms with Crippen LogP contribution in [0.25, 0.3) is 0 Å². The van der Waals surface area contributed by atoms with E-state index in [2.05, 4.69) is 44.0 Å². The number of fused-ring (bicyclic) bond motifs is 1. The van der Waals surface area contributed by atoms with Crippen LogP contribution in [0, 0.1) is 12.3 Å². The molecule has 0 saturated heterocycles. The molecule has 3 nitrogen and oxygen atoms in total. The summed E-state index contributed by atoms with van der Waals surface area (Å²) < 4.78 is 44.4. The van der Waals surface area contributed by atoms with Crippen molar-refractivity contribution in [2.45, 2.75) is 32.5 Å². The molecule has 0 unspecified atom stereocenters. The second-order valence-corrected chi connectivity index (χ2v) is 8.49. The average Bonchev–Trinajstić information content (AvgIpc) is 2.82. The average molecular weight is 463 g/mol. The Bertz CT molecular complexity index is 1220. The number of halogens is 3. The van der Waals surface area contributed by atoms with Gasteiger partial charge in [-0.1, -0.05) is 56.2 Å². The van der Waals surface area contributed by atoms with Crippen LogP contribution >= 0.6 is 0 Å². The molecule has 4 rings (SSSR count). The lowest BCUT2D eigenvalue weighted by molar-refractivity contribution is -0.137. The molecule has 0 bridgehead atoms. The third-order valence-corrected chi connectivity index (χ3v) is 5.79. The van der Waals surface area contributed by atoms with Crippen LogP contribution in [0.1, 0.15) is 47.6 Å². The van der Waals surface area contributed by atoms with Gasteiger partial charge in [0.2, 0.25) is 0 Å². The van der Waals surface area contributed by atoms with Crippen LogP contribution in [-0.2, 0) is 12.7 Å². The molecule has 0 spiro atoms. The molecule has 0 amide bonds. The fourth-order valence-electron chi connectivity index (χ4n) is 3.94. The molecule has 1 heterocycles. The Kier molecular flexibility index (Phi) is 6.65. The van der Waals surface area contributed by atoms with Crippen molar-refractivity contribution in [2.75, 3.05) is 18.2 Å². The number of ether oxygens (including phenoxy) is 1. The molecule has 3 aromatic rings. The van der Waals surface area contributed by atoms with Gasteiger partial charge in [-0.15, -0.1) is 6.42 Å². The van der Waals surface area contributed by atoms with Crippen LogP contribution in [-0.4, -0.2) is 19.0 Å². The van der Waals surface area contributed by atoms with E-state index < -0.39 is 11.7 Å². The van der Waals surface area contributed by atoms with Crippen LogP contribution in [0.2, 0.25) is 0 Å². The van der Waals surface area contributed by atoms with Crippen LogP contribution in [0.4, 0.5) is 18.9 Å². The second-order valence-electron chi connectivity index (χ2n) is 8.49. The Morgan fingerprint density at radius 2 is 1.74 bits per heavy atom. The molecule has 34 heavy (non-hydrogen) atoms. The van der Waals surface area contributed by atoms with Crippen molar-refractivity contribution in [3.63, 3.8) is 0 Å². The van der Waals surface area contributed by atoms with Gasteiger partial charge in [-0.2, -0.15) is 13.2 Å². The molecule has 0 aliphatic carbocycles. The predicted molar refractivity (Wildman–Crippen MR) is 129 cm³/mol. The molecule has 0 saturated carbocycles. The Balaban J connectivity index is 1.67. The maximum absolute atomic E-state index is 12.9. The summed E-state index contributed by atoms with van der Waals surface area (Å²) in [7, 11) is 0. The monoisotopic (exact) mass is 462 g/mol. The molecule has 0 aromatic heterocycles. The first-order valence-corrected chi connectivity index (χ1v) is 11.0. The van der Waals surface area contributed by atoms with Gasteiger partial charge in [0.15, 0.2) is 0 Å². The summed E-state index contributed by atoms with van der Waals surface area (Å²) in [5.41, 5.74) is 5.03. The fourth-order valence-corrected chi connectivity index (χ4v) is 3.94. The van der Waals surface area contributed by atoms with Crippen LogP contribution in [0.15, 0.2) is 71.7 Å². The van der Waals surface area contributed by atoms with Gasteiger partial charge in [-0.05, 0) is 47.4 Å². The standard InChI is InChI=1S/C28H25F3N2O/c1-4-15-34-24-13-14-26-25(16-24)27(22-9-7-21(8-10-22)19(2)3)32-18-33(26)17-20-5-11-23(12-6-20)28(29,30)31/h1,5-14,16,19H,15,17-18H2,2-3H3. The van der Waals surface area contributed by atoms with Gasteiger partial charge >= 0.3 is 6.18 Å². The molecule has 0 radical (unpaired) electrons. The van der Waals surface area contributed by atoms with E-state index in [1.165, 1.54) is 17.7 Å². The van der Waals surface area contributed by atoms with E-state index in [0.29, 0.717) is 24.9 Å². The second kappa shape index (κ2) is 9.64. The van der Waals surface area contributed by atoms with E-state index in [9.17, 15) is 13.2 Å². The fraction of sp³-hybridized carbons (Fsp3) is 0.250. The Hall–Kier alpha value is -3.72. The van der Waals surface area contributed by atoms with Crippen LogP contribution in [0.5, 0.6) is 5.75 Å². The maximum Gasteiger partial charge on any atom is 0.416 e. The first-order valence-electron chi connectivity index (χ1n) is 11.0. The summed E-state index contributed by atoms with van der Waals surface area (Å²) in [4.78, 5) is 6.87. The van der Waals surface area contributed by atoms with Crippen molar-refractivity contribution < 1.29 is 17.9 Å². The number of benzene rings is 3. The Morgan fingerprint density at radius 1 is 1.03 bits per heavy atom. The molecule has 0 atom stereocenters. The molecule has 0 N–H and O–H groups in total. The minimum atomic E-state index is -4.35. The number of hydrogen-bond donors (Lipinski definition) is 0. The van der Waals surface area contributed by atoms with Crippen molar-refractivity contribution in [3.8, 4) is 18.1 Å². The largest absolute Gasteiger partial charge is 0.481 e.